The van der Waals surface area contributed by atoms with Gasteiger partial charge >= 0.3 is 0 Å². The van der Waals surface area contributed by atoms with Crippen LogP contribution in [0.1, 0.15) is 12.5 Å². The molecule has 19 heavy (non-hydrogen) atoms. The summed E-state index contributed by atoms with van der Waals surface area (Å²) in [5.41, 5.74) is 1.91. The van der Waals surface area contributed by atoms with Gasteiger partial charge in [-0.2, -0.15) is 5.26 Å². The summed E-state index contributed by atoms with van der Waals surface area (Å²) in [7, 11) is 0. The average Bonchev–Trinajstić information content (AvgIpc) is 2.92. The topological polar surface area (TPSA) is 87.9 Å². The summed E-state index contributed by atoms with van der Waals surface area (Å²) >= 11 is 1.22. The highest BCUT2D eigenvalue weighted by Gasteiger charge is 2.17. The van der Waals surface area contributed by atoms with Crippen molar-refractivity contribution in [3.63, 3.8) is 0 Å². The number of aromatic nitrogens is 2. The van der Waals surface area contributed by atoms with Crippen LogP contribution in [0.5, 0.6) is 5.75 Å². The first-order valence-corrected chi connectivity index (χ1v) is 6.31. The van der Waals surface area contributed by atoms with Crippen molar-refractivity contribution in [2.75, 3.05) is 5.32 Å². The number of benzene rings is 1. The van der Waals surface area contributed by atoms with Crippen LogP contribution in [0.2, 0.25) is 0 Å². The Balaban J connectivity index is 2.02. The van der Waals surface area contributed by atoms with E-state index < -0.39 is 6.10 Å². The lowest BCUT2D eigenvalue weighted by molar-refractivity contribution is -0.122. The Kier molecular flexibility index (Phi) is 4.05. The van der Waals surface area contributed by atoms with Crippen LogP contribution < -0.4 is 10.1 Å². The van der Waals surface area contributed by atoms with Crippen LogP contribution in [0.3, 0.4) is 0 Å². The molecule has 0 radical (unpaired) electrons. The van der Waals surface area contributed by atoms with Gasteiger partial charge in [0.2, 0.25) is 5.13 Å². The first kappa shape index (κ1) is 13.0. The molecule has 6 nitrogen and oxygen atoms in total. The van der Waals surface area contributed by atoms with Gasteiger partial charge < -0.3 is 4.74 Å². The summed E-state index contributed by atoms with van der Waals surface area (Å²) in [5.74, 6) is 0.0365. The van der Waals surface area contributed by atoms with Crippen molar-refractivity contribution in [3.8, 4) is 11.8 Å². The molecule has 0 bridgehead atoms. The molecule has 1 N–H and O–H groups in total. The van der Waals surface area contributed by atoms with Crippen molar-refractivity contribution in [1.29, 1.82) is 5.26 Å². The number of hydrogen-bond acceptors (Lipinski definition) is 6. The summed E-state index contributed by atoms with van der Waals surface area (Å²) in [4.78, 5) is 11.8. The van der Waals surface area contributed by atoms with Crippen molar-refractivity contribution in [2.45, 2.75) is 13.0 Å². The number of nitriles is 1. The molecular weight excluding hydrogens is 264 g/mol. The van der Waals surface area contributed by atoms with Gasteiger partial charge in [-0.3, -0.25) is 10.1 Å². The molecule has 0 saturated carbocycles. The van der Waals surface area contributed by atoms with Crippen molar-refractivity contribution < 1.29 is 9.53 Å². The number of carbonyl (C=O) groups is 1. The molecule has 2 rings (SSSR count). The van der Waals surface area contributed by atoms with Gasteiger partial charge in [0.25, 0.3) is 5.91 Å². The first-order valence-electron chi connectivity index (χ1n) is 5.43. The Hall–Kier alpha value is -2.46. The van der Waals surface area contributed by atoms with Gasteiger partial charge in [0.1, 0.15) is 17.3 Å². The quantitative estimate of drug-likeness (QED) is 0.918. The van der Waals surface area contributed by atoms with E-state index in [0.29, 0.717) is 16.4 Å². The van der Waals surface area contributed by atoms with Gasteiger partial charge in [-0.1, -0.05) is 23.5 Å². The van der Waals surface area contributed by atoms with Crippen LogP contribution in [0.4, 0.5) is 5.13 Å². The van der Waals surface area contributed by atoms with Gasteiger partial charge in [-0.05, 0) is 19.1 Å². The van der Waals surface area contributed by atoms with E-state index >= 15 is 0 Å². The third kappa shape index (κ3) is 3.26. The Bertz CT molecular complexity index is 606. The van der Waals surface area contributed by atoms with E-state index in [2.05, 4.69) is 15.5 Å². The Labute approximate surface area is 113 Å². The molecule has 0 aliphatic carbocycles. The van der Waals surface area contributed by atoms with Gasteiger partial charge in [-0.25, -0.2) is 0 Å². The number of nitrogens with zero attached hydrogens (tertiary/aromatic N) is 3. The van der Waals surface area contributed by atoms with Crippen LogP contribution in [-0.4, -0.2) is 22.2 Å². The second-order valence-electron chi connectivity index (χ2n) is 3.60. The number of anilines is 1. The number of amides is 1. The van der Waals surface area contributed by atoms with Gasteiger partial charge in [0.05, 0.1) is 5.56 Å². The third-order valence-electron chi connectivity index (χ3n) is 2.27. The van der Waals surface area contributed by atoms with Crippen molar-refractivity contribution in [3.05, 3.63) is 35.3 Å². The fourth-order valence-electron chi connectivity index (χ4n) is 1.34. The third-order valence-corrected chi connectivity index (χ3v) is 2.88. The maximum absolute atomic E-state index is 11.8. The fraction of sp³-hybridized carbons (Fsp3) is 0.167. The zero-order chi connectivity index (χ0) is 13.7. The standard InChI is InChI=1S/C12H10N4O2S/c1-8(11(17)15-12-16-14-7-19-12)18-10-5-3-2-4-9(10)6-13/h2-5,7-8H,1H3,(H,15,16,17). The second kappa shape index (κ2) is 5.93. The lowest BCUT2D eigenvalue weighted by atomic mass is 10.2. The summed E-state index contributed by atoms with van der Waals surface area (Å²) < 4.78 is 5.47. The highest BCUT2D eigenvalue weighted by molar-refractivity contribution is 7.13. The van der Waals surface area contributed by atoms with Crippen LogP contribution in [0.25, 0.3) is 0 Å². The normalized spacial score (nSPS) is 11.4. The lowest BCUT2D eigenvalue weighted by Gasteiger charge is -2.14. The van der Waals surface area contributed by atoms with Crippen LogP contribution >= 0.6 is 11.3 Å². The highest BCUT2D eigenvalue weighted by Crippen LogP contribution is 2.18. The Morgan fingerprint density at radius 2 is 2.32 bits per heavy atom. The minimum Gasteiger partial charge on any atom is -0.480 e. The van der Waals surface area contributed by atoms with E-state index in [9.17, 15) is 4.79 Å². The van der Waals surface area contributed by atoms with Crippen LogP contribution in [-0.2, 0) is 4.79 Å². The average molecular weight is 274 g/mol. The largest absolute Gasteiger partial charge is 0.480 e. The molecule has 1 atom stereocenters. The zero-order valence-corrected chi connectivity index (χ0v) is 10.8. The number of para-hydroxylation sites is 1. The molecule has 1 amide bonds. The highest BCUT2D eigenvalue weighted by atomic mass is 32.1. The maximum Gasteiger partial charge on any atom is 0.266 e. The molecule has 1 unspecified atom stereocenters. The molecule has 1 heterocycles. The van der Waals surface area contributed by atoms with Gasteiger partial charge in [0.15, 0.2) is 6.10 Å². The molecule has 0 fully saturated rings. The van der Waals surface area contributed by atoms with Gasteiger partial charge in [-0.15, -0.1) is 10.2 Å². The minimum atomic E-state index is -0.738. The molecule has 0 spiro atoms. The summed E-state index contributed by atoms with van der Waals surface area (Å²) in [6, 6.07) is 8.76. The molecule has 0 aliphatic heterocycles. The monoisotopic (exact) mass is 274 g/mol. The molecule has 0 saturated heterocycles. The summed E-state index contributed by atoms with van der Waals surface area (Å²) in [6.45, 7) is 1.60. The van der Waals surface area contributed by atoms with E-state index in [1.165, 1.54) is 16.8 Å². The number of nitrogens with one attached hydrogen (secondary N) is 1. The smallest absolute Gasteiger partial charge is 0.266 e. The number of carbonyl (C=O) groups excluding carboxylic acids is 1. The van der Waals surface area contributed by atoms with E-state index in [4.69, 9.17) is 10.00 Å². The van der Waals surface area contributed by atoms with Crippen LogP contribution in [0.15, 0.2) is 29.8 Å². The number of ether oxygens (including phenoxy) is 1. The minimum absolute atomic E-state index is 0.343. The Morgan fingerprint density at radius 1 is 1.53 bits per heavy atom. The van der Waals surface area contributed by atoms with Gasteiger partial charge in [0, 0.05) is 0 Å². The number of rotatable bonds is 4. The maximum atomic E-state index is 11.8. The van der Waals surface area contributed by atoms with E-state index in [1.807, 2.05) is 6.07 Å². The molecular formula is C12H10N4O2S. The number of hydrogen-bond donors (Lipinski definition) is 1. The van der Waals surface area contributed by atoms with Crippen molar-refractivity contribution in [1.82, 2.24) is 10.2 Å². The van der Waals surface area contributed by atoms with Crippen molar-refractivity contribution >= 4 is 22.4 Å². The predicted octanol–water partition coefficient (Wildman–Crippen LogP) is 1.82. The molecule has 1 aromatic carbocycles. The predicted molar refractivity (Wildman–Crippen MR) is 69.8 cm³/mol. The Morgan fingerprint density at radius 3 is 3.00 bits per heavy atom. The van der Waals surface area contributed by atoms with E-state index in [-0.39, 0.29) is 5.91 Å². The zero-order valence-electron chi connectivity index (χ0n) is 10.0. The van der Waals surface area contributed by atoms with Crippen molar-refractivity contribution in [2.24, 2.45) is 0 Å². The van der Waals surface area contributed by atoms with Crippen LogP contribution in [0, 0.1) is 11.3 Å². The SMILES string of the molecule is CC(Oc1ccccc1C#N)C(=O)Nc1nncs1. The lowest BCUT2D eigenvalue weighted by Crippen LogP contribution is -2.30. The molecule has 7 heteroatoms. The summed E-state index contributed by atoms with van der Waals surface area (Å²) in [6.07, 6.45) is -0.738. The van der Waals surface area contributed by atoms with E-state index in [1.54, 1.807) is 31.2 Å². The molecule has 96 valence electrons. The first-order chi connectivity index (χ1) is 9.20. The molecule has 2 aromatic rings. The fourth-order valence-corrected chi connectivity index (χ4v) is 1.79. The summed E-state index contributed by atoms with van der Waals surface area (Å²) in [5, 5.41) is 19.2. The second-order valence-corrected chi connectivity index (χ2v) is 4.43. The molecule has 1 aromatic heterocycles. The van der Waals surface area contributed by atoms with E-state index in [0.717, 1.165) is 0 Å². The molecule has 0 aliphatic rings.